The molecule has 1 aromatic rings. The molecule has 76 valence electrons. The van der Waals surface area contributed by atoms with Crippen LogP contribution in [0.4, 0.5) is 8.78 Å². The minimum absolute atomic E-state index is 0.0865. The summed E-state index contributed by atoms with van der Waals surface area (Å²) in [5.41, 5.74) is -0.0865. The van der Waals surface area contributed by atoms with E-state index in [2.05, 4.69) is 4.74 Å². The van der Waals surface area contributed by atoms with Crippen molar-refractivity contribution in [3.05, 3.63) is 28.8 Å². The molecule has 0 saturated heterocycles. The van der Waals surface area contributed by atoms with Gasteiger partial charge in [-0.15, -0.1) is 0 Å². The number of ether oxygens (including phenoxy) is 1. The summed E-state index contributed by atoms with van der Waals surface area (Å²) in [6.07, 6.45) is 0. The van der Waals surface area contributed by atoms with Gasteiger partial charge in [-0.05, 0) is 18.2 Å². The van der Waals surface area contributed by atoms with Crippen LogP contribution in [0.25, 0.3) is 0 Å². The molecule has 0 bridgehead atoms. The first-order valence-electron chi connectivity index (χ1n) is 3.48. The lowest BCUT2D eigenvalue weighted by Crippen LogP contribution is -2.03. The largest absolute Gasteiger partial charge is 0.478 e. The van der Waals surface area contributed by atoms with Gasteiger partial charge >= 0.3 is 12.6 Å². The average molecular weight is 223 g/mol. The minimum atomic E-state index is -2.98. The van der Waals surface area contributed by atoms with Gasteiger partial charge in [-0.2, -0.15) is 8.78 Å². The zero-order valence-electron chi connectivity index (χ0n) is 6.71. The molecule has 1 N–H and O–H groups in total. The number of carbonyl (C=O) groups is 1. The first-order chi connectivity index (χ1) is 6.50. The molecule has 0 saturated carbocycles. The monoisotopic (exact) mass is 222 g/mol. The van der Waals surface area contributed by atoms with Crippen LogP contribution in [-0.2, 0) is 0 Å². The minimum Gasteiger partial charge on any atom is -0.478 e. The number of aromatic carboxylic acids is 1. The molecule has 0 radical (unpaired) electrons. The third-order valence-electron chi connectivity index (χ3n) is 1.39. The lowest BCUT2D eigenvalue weighted by molar-refractivity contribution is -0.0497. The van der Waals surface area contributed by atoms with Crippen LogP contribution in [0, 0.1) is 0 Å². The topological polar surface area (TPSA) is 46.5 Å². The lowest BCUT2D eigenvalue weighted by atomic mass is 10.2. The third kappa shape index (κ3) is 2.56. The molecule has 0 amide bonds. The number of halogens is 3. The van der Waals surface area contributed by atoms with Crippen molar-refractivity contribution in [1.29, 1.82) is 0 Å². The van der Waals surface area contributed by atoms with Gasteiger partial charge in [-0.1, -0.05) is 11.6 Å². The van der Waals surface area contributed by atoms with Crippen molar-refractivity contribution in [2.45, 2.75) is 6.61 Å². The highest BCUT2D eigenvalue weighted by molar-refractivity contribution is 6.32. The van der Waals surface area contributed by atoms with E-state index in [1.807, 2.05) is 0 Å². The zero-order chi connectivity index (χ0) is 10.7. The summed E-state index contributed by atoms with van der Waals surface area (Å²) in [6.45, 7) is -2.98. The number of carboxylic acids is 1. The summed E-state index contributed by atoms with van der Waals surface area (Å²) in [7, 11) is 0. The molecule has 0 aromatic heterocycles. The molecular formula is C8H5ClF2O3. The average Bonchev–Trinajstić information content (AvgIpc) is 2.07. The molecule has 0 aliphatic carbocycles. The SMILES string of the molecule is O=C(O)c1ccc(OC(F)F)c(Cl)c1. The highest BCUT2D eigenvalue weighted by Gasteiger charge is 2.11. The molecule has 0 fully saturated rings. The molecule has 0 unspecified atom stereocenters. The van der Waals surface area contributed by atoms with Crippen LogP contribution in [0.1, 0.15) is 10.4 Å². The van der Waals surface area contributed by atoms with Crippen LogP contribution < -0.4 is 4.74 Å². The number of benzene rings is 1. The second-order valence-corrected chi connectivity index (χ2v) is 2.74. The quantitative estimate of drug-likeness (QED) is 0.855. The predicted molar refractivity (Wildman–Crippen MR) is 45.0 cm³/mol. The van der Waals surface area contributed by atoms with E-state index in [-0.39, 0.29) is 16.3 Å². The zero-order valence-corrected chi connectivity index (χ0v) is 7.46. The Bertz CT molecular complexity index is 354. The van der Waals surface area contributed by atoms with Crippen molar-refractivity contribution in [2.75, 3.05) is 0 Å². The van der Waals surface area contributed by atoms with E-state index < -0.39 is 12.6 Å². The molecule has 14 heavy (non-hydrogen) atoms. The van der Waals surface area contributed by atoms with Gasteiger partial charge in [-0.3, -0.25) is 0 Å². The number of rotatable bonds is 3. The highest BCUT2D eigenvalue weighted by atomic mass is 35.5. The molecule has 6 heteroatoms. The third-order valence-corrected chi connectivity index (χ3v) is 1.69. The Morgan fingerprint density at radius 2 is 2.14 bits per heavy atom. The Balaban J connectivity index is 2.95. The van der Waals surface area contributed by atoms with E-state index in [9.17, 15) is 13.6 Å². The van der Waals surface area contributed by atoms with E-state index in [0.29, 0.717) is 0 Å². The van der Waals surface area contributed by atoms with Crippen molar-refractivity contribution in [3.63, 3.8) is 0 Å². The first kappa shape index (κ1) is 10.7. The molecule has 0 atom stereocenters. The molecule has 0 aliphatic heterocycles. The van der Waals surface area contributed by atoms with Crippen molar-refractivity contribution >= 4 is 17.6 Å². The Hall–Kier alpha value is -1.36. The van der Waals surface area contributed by atoms with Crippen LogP contribution >= 0.6 is 11.6 Å². The van der Waals surface area contributed by atoms with Gasteiger partial charge in [0.2, 0.25) is 0 Å². The fourth-order valence-corrected chi connectivity index (χ4v) is 1.05. The normalized spacial score (nSPS) is 10.3. The van der Waals surface area contributed by atoms with Gasteiger partial charge in [0.15, 0.2) is 0 Å². The first-order valence-corrected chi connectivity index (χ1v) is 3.86. The smallest absolute Gasteiger partial charge is 0.387 e. The molecule has 1 aromatic carbocycles. The maximum Gasteiger partial charge on any atom is 0.387 e. The maximum atomic E-state index is 11.8. The van der Waals surface area contributed by atoms with E-state index in [1.54, 1.807) is 0 Å². The van der Waals surface area contributed by atoms with Gasteiger partial charge in [0.1, 0.15) is 5.75 Å². The summed E-state index contributed by atoms with van der Waals surface area (Å²) in [6, 6.07) is 3.26. The summed E-state index contributed by atoms with van der Waals surface area (Å²) >= 11 is 5.50. The van der Waals surface area contributed by atoms with Gasteiger partial charge in [0.25, 0.3) is 0 Å². The lowest BCUT2D eigenvalue weighted by Gasteiger charge is -2.06. The van der Waals surface area contributed by atoms with E-state index in [4.69, 9.17) is 16.7 Å². The number of hydrogen-bond acceptors (Lipinski definition) is 2. The van der Waals surface area contributed by atoms with Crippen LogP contribution in [-0.4, -0.2) is 17.7 Å². The van der Waals surface area contributed by atoms with Crippen molar-refractivity contribution in [2.24, 2.45) is 0 Å². The van der Waals surface area contributed by atoms with E-state index in [0.717, 1.165) is 18.2 Å². The van der Waals surface area contributed by atoms with Crippen molar-refractivity contribution in [3.8, 4) is 5.75 Å². The van der Waals surface area contributed by atoms with Crippen LogP contribution in [0.15, 0.2) is 18.2 Å². The van der Waals surface area contributed by atoms with Gasteiger partial charge in [0.05, 0.1) is 10.6 Å². The predicted octanol–water partition coefficient (Wildman–Crippen LogP) is 2.64. The highest BCUT2D eigenvalue weighted by Crippen LogP contribution is 2.26. The summed E-state index contributed by atoms with van der Waals surface area (Å²) < 4.78 is 27.5. The van der Waals surface area contributed by atoms with Gasteiger partial charge < -0.3 is 9.84 Å². The molecular weight excluding hydrogens is 218 g/mol. The summed E-state index contributed by atoms with van der Waals surface area (Å²) in [4.78, 5) is 10.4. The molecule has 0 spiro atoms. The Morgan fingerprint density at radius 1 is 1.50 bits per heavy atom. The number of carboxylic acid groups (broad SMARTS) is 1. The Kier molecular flexibility index (Phi) is 3.24. The van der Waals surface area contributed by atoms with Gasteiger partial charge in [-0.25, -0.2) is 4.79 Å². The number of hydrogen-bond donors (Lipinski definition) is 1. The fourth-order valence-electron chi connectivity index (χ4n) is 0.825. The van der Waals surface area contributed by atoms with Crippen LogP contribution in [0.2, 0.25) is 5.02 Å². The molecule has 0 aliphatic rings. The van der Waals surface area contributed by atoms with Crippen molar-refractivity contribution in [1.82, 2.24) is 0 Å². The Morgan fingerprint density at radius 3 is 2.57 bits per heavy atom. The second kappa shape index (κ2) is 4.23. The van der Waals surface area contributed by atoms with Gasteiger partial charge in [0, 0.05) is 0 Å². The van der Waals surface area contributed by atoms with Crippen molar-refractivity contribution < 1.29 is 23.4 Å². The van der Waals surface area contributed by atoms with Crippen LogP contribution in [0.5, 0.6) is 5.75 Å². The summed E-state index contributed by atoms with van der Waals surface area (Å²) in [5, 5.41) is 8.37. The number of alkyl halides is 2. The maximum absolute atomic E-state index is 11.8. The van der Waals surface area contributed by atoms with E-state index in [1.165, 1.54) is 0 Å². The van der Waals surface area contributed by atoms with E-state index >= 15 is 0 Å². The second-order valence-electron chi connectivity index (χ2n) is 2.33. The van der Waals surface area contributed by atoms with Crippen LogP contribution in [0.3, 0.4) is 0 Å². The molecule has 1 rings (SSSR count). The summed E-state index contributed by atoms with van der Waals surface area (Å²) in [5.74, 6) is -1.43. The fraction of sp³-hybridized carbons (Fsp3) is 0.125. The standard InChI is InChI=1S/C8H5ClF2O3/c9-5-3-4(7(12)13)1-2-6(5)14-8(10)11/h1-3,8H,(H,12,13). The molecule has 0 heterocycles. The Labute approximate surface area is 82.9 Å². The molecule has 3 nitrogen and oxygen atoms in total.